The minimum absolute atomic E-state index is 0.407. The van der Waals surface area contributed by atoms with Gasteiger partial charge < -0.3 is 0 Å². The molecule has 8 heteroatoms. The zero-order chi connectivity index (χ0) is 28.6. The first-order chi connectivity index (χ1) is 15.6. The molecular formula is C28H58Se2Si6. The second-order valence-corrected chi connectivity index (χ2v) is 56.1. The Kier molecular flexibility index (Phi) is 9.30. The molecule has 0 aromatic heterocycles. The van der Waals surface area contributed by atoms with Crippen molar-refractivity contribution in [1.29, 1.82) is 0 Å². The Morgan fingerprint density at radius 1 is 0.389 bits per heavy atom. The molecule has 0 aliphatic heterocycles. The zero-order valence-corrected chi connectivity index (χ0v) is 36.6. The molecule has 36 heavy (non-hydrogen) atoms. The summed E-state index contributed by atoms with van der Waals surface area (Å²) in [4.78, 5) is 0. The molecule has 2 rings (SSSR count). The summed E-state index contributed by atoms with van der Waals surface area (Å²) in [6.45, 7) is 47.3. The molecule has 0 unspecified atom stereocenters. The van der Waals surface area contributed by atoms with Gasteiger partial charge in [-0.1, -0.05) is 0 Å². The molecule has 0 bridgehead atoms. The third-order valence-corrected chi connectivity index (χ3v) is 40.9. The van der Waals surface area contributed by atoms with Crippen LogP contribution in [0.2, 0.25) is 127 Å². The van der Waals surface area contributed by atoms with Crippen LogP contribution in [0, 0.1) is 0 Å². The maximum absolute atomic E-state index is 2.92. The number of hydrogen-bond donors (Lipinski definition) is 0. The SMILES string of the molecule is C[Si](C)(C)C1=CC([Si](C)(C)C)([Si](C)(C)C)C=C1[Se][Se]C1=CC([Si](C)(C)C)([Si](C)(C)C)C=C1[Si](C)(C)C. The number of allylic oxidation sites excluding steroid dienone is 8. The predicted molar refractivity (Wildman–Crippen MR) is 189 cm³/mol. The first-order valence-electron chi connectivity index (χ1n) is 13.9. The van der Waals surface area contributed by atoms with Gasteiger partial charge in [-0.25, -0.2) is 0 Å². The van der Waals surface area contributed by atoms with E-state index < -0.39 is 48.4 Å². The molecule has 0 radical (unpaired) electrons. The van der Waals surface area contributed by atoms with E-state index in [0.29, 0.717) is 35.6 Å². The van der Waals surface area contributed by atoms with E-state index in [1.54, 1.807) is 0 Å². The molecule has 0 N–H and O–H groups in total. The molecule has 0 saturated carbocycles. The van der Waals surface area contributed by atoms with Crippen LogP contribution in [0.25, 0.3) is 0 Å². The van der Waals surface area contributed by atoms with Crippen molar-refractivity contribution in [3.05, 3.63) is 43.6 Å². The molecule has 0 amide bonds. The zero-order valence-electron chi connectivity index (χ0n) is 27.1. The Morgan fingerprint density at radius 2 is 0.611 bits per heavy atom. The van der Waals surface area contributed by atoms with Crippen molar-refractivity contribution in [2.75, 3.05) is 0 Å². The molecule has 2 aliphatic rings. The topological polar surface area (TPSA) is 0 Å². The fraction of sp³-hybridized carbons (Fsp3) is 0.714. The average Bonchev–Trinajstić information content (AvgIpc) is 3.18. The van der Waals surface area contributed by atoms with Gasteiger partial charge in [-0.3, -0.25) is 0 Å². The standard InChI is InChI=1S/C28H58Se2Si6/c1-31(2,3)25-21-27(33(7,8)9,34(10,11)12)19-23(25)29-30-24-20-28(35(13,14)15,36(16,17)18)22-26(24)32(4,5)6/h19-22H,1-18H3. The van der Waals surface area contributed by atoms with E-state index in [9.17, 15) is 0 Å². The molecule has 2 aliphatic carbocycles. The van der Waals surface area contributed by atoms with Crippen LogP contribution in [0.3, 0.4) is 0 Å². The van der Waals surface area contributed by atoms with E-state index in [1.165, 1.54) is 0 Å². The number of hydrogen-bond acceptors (Lipinski definition) is 0. The molecule has 0 atom stereocenters. The monoisotopic (exact) mass is 722 g/mol. The van der Waals surface area contributed by atoms with Crippen molar-refractivity contribution in [2.24, 2.45) is 0 Å². The van der Waals surface area contributed by atoms with Crippen molar-refractivity contribution in [2.45, 2.75) is 127 Å². The van der Waals surface area contributed by atoms with E-state index >= 15 is 0 Å². The maximum atomic E-state index is 2.92. The van der Waals surface area contributed by atoms with Gasteiger partial charge in [-0.05, 0) is 0 Å². The third kappa shape index (κ3) is 6.13. The van der Waals surface area contributed by atoms with Gasteiger partial charge in [0, 0.05) is 0 Å². The Hall–Kier alpha value is 1.30. The Balaban J connectivity index is 2.65. The fourth-order valence-electron chi connectivity index (χ4n) is 6.63. The summed E-state index contributed by atoms with van der Waals surface area (Å²) in [5, 5.41) is 3.68. The fourth-order valence-corrected chi connectivity index (χ4v) is 46.8. The molecule has 0 nitrogen and oxygen atoms in total. The third-order valence-electron chi connectivity index (χ3n) is 8.79. The van der Waals surface area contributed by atoms with Crippen LogP contribution < -0.4 is 0 Å². The Bertz CT molecular complexity index is 882. The van der Waals surface area contributed by atoms with Gasteiger partial charge in [0.05, 0.1) is 0 Å². The van der Waals surface area contributed by atoms with E-state index in [-0.39, 0.29) is 0 Å². The van der Waals surface area contributed by atoms with Crippen LogP contribution in [-0.2, 0) is 0 Å². The van der Waals surface area contributed by atoms with Crippen molar-refractivity contribution in [1.82, 2.24) is 0 Å². The van der Waals surface area contributed by atoms with Crippen molar-refractivity contribution >= 4 is 74.7 Å². The molecular weight excluding hydrogens is 663 g/mol. The molecule has 206 valence electrons. The van der Waals surface area contributed by atoms with Crippen LogP contribution in [0.15, 0.2) is 43.6 Å². The van der Waals surface area contributed by atoms with Gasteiger partial charge >= 0.3 is 246 Å². The normalized spacial score (nSPS) is 21.3. The Morgan fingerprint density at radius 3 is 0.778 bits per heavy atom. The van der Waals surface area contributed by atoms with E-state index in [2.05, 4.69) is 142 Å². The van der Waals surface area contributed by atoms with Gasteiger partial charge in [-0.2, -0.15) is 0 Å². The Labute approximate surface area is 243 Å². The van der Waals surface area contributed by atoms with Gasteiger partial charge in [0.25, 0.3) is 0 Å². The summed E-state index contributed by atoms with van der Waals surface area (Å²) in [6, 6.07) is 0. The van der Waals surface area contributed by atoms with Gasteiger partial charge in [-0.15, -0.1) is 0 Å². The van der Waals surface area contributed by atoms with E-state index in [4.69, 9.17) is 0 Å². The predicted octanol–water partition coefficient (Wildman–Crippen LogP) is 9.62. The summed E-state index contributed by atoms with van der Waals surface area (Å²) in [6.07, 6.45) is 11.6. The average molecular weight is 721 g/mol. The van der Waals surface area contributed by atoms with Crippen molar-refractivity contribution in [3.63, 3.8) is 0 Å². The van der Waals surface area contributed by atoms with E-state index in [0.717, 1.165) is 0 Å². The molecule has 0 spiro atoms. The first-order valence-corrected chi connectivity index (χ1v) is 40.9. The second-order valence-electron chi connectivity index (χ2n) is 17.5. The first kappa shape index (κ1) is 33.5. The van der Waals surface area contributed by atoms with Crippen LogP contribution in [0.4, 0.5) is 0 Å². The van der Waals surface area contributed by atoms with Crippen LogP contribution in [0.1, 0.15) is 0 Å². The molecule has 0 aromatic carbocycles. The van der Waals surface area contributed by atoms with Crippen LogP contribution >= 0.6 is 0 Å². The summed E-state index contributed by atoms with van der Waals surface area (Å²) >= 11 is 1.17. The summed E-state index contributed by atoms with van der Waals surface area (Å²) in [7, 11) is -8.44. The molecule has 0 heterocycles. The van der Waals surface area contributed by atoms with Crippen molar-refractivity contribution in [3.8, 4) is 0 Å². The minimum atomic E-state index is -1.41. The molecule has 0 fully saturated rings. The van der Waals surface area contributed by atoms with Gasteiger partial charge in [0.15, 0.2) is 0 Å². The molecule has 0 saturated heterocycles. The van der Waals surface area contributed by atoms with E-state index in [1.807, 2.05) is 19.3 Å². The summed E-state index contributed by atoms with van der Waals surface area (Å²) < 4.78 is 4.48. The van der Waals surface area contributed by atoms with Crippen molar-refractivity contribution < 1.29 is 0 Å². The summed E-state index contributed by atoms with van der Waals surface area (Å²) in [5.74, 6) is 0. The van der Waals surface area contributed by atoms with Crippen LogP contribution in [-0.4, -0.2) is 74.7 Å². The van der Waals surface area contributed by atoms with Crippen LogP contribution in [0.5, 0.6) is 0 Å². The summed E-state index contributed by atoms with van der Waals surface area (Å²) in [5.41, 5.74) is 0. The quantitative estimate of drug-likeness (QED) is 0.208. The number of rotatable bonds is 9. The van der Waals surface area contributed by atoms with Gasteiger partial charge in [0.1, 0.15) is 0 Å². The van der Waals surface area contributed by atoms with Gasteiger partial charge in [0.2, 0.25) is 0 Å². The molecule has 0 aromatic rings. The second kappa shape index (κ2) is 9.99.